The summed E-state index contributed by atoms with van der Waals surface area (Å²) in [5, 5.41) is 37.6. The topological polar surface area (TPSA) is 258 Å². The van der Waals surface area contributed by atoms with E-state index in [1.807, 2.05) is 0 Å². The van der Waals surface area contributed by atoms with E-state index in [0.717, 1.165) is 0 Å². The first-order chi connectivity index (χ1) is 20.2. The number of nitrogens with two attached hydrogens (primary N) is 2. The van der Waals surface area contributed by atoms with Crippen LogP contribution in [0.2, 0.25) is 0 Å². The maximum absolute atomic E-state index is 13.6. The minimum absolute atomic E-state index is 0.153. The fourth-order valence-corrected chi connectivity index (χ4v) is 5.30. The van der Waals surface area contributed by atoms with Gasteiger partial charge in [-0.05, 0) is 72.3 Å². The number of carbonyl (C=O) groups is 6. The number of carboxylic acid groups (broad SMARTS) is 1. The van der Waals surface area contributed by atoms with Gasteiger partial charge in [-0.2, -0.15) is 0 Å². The number of nitrogens with zero attached hydrogens (tertiary/aromatic N) is 2. The average molecular weight is 614 g/mol. The van der Waals surface area contributed by atoms with Crippen LogP contribution < -0.4 is 27.4 Å². The molecule has 0 unspecified atom stereocenters. The Morgan fingerprint density at radius 3 is 1.88 bits per heavy atom. The van der Waals surface area contributed by atoms with Crippen molar-refractivity contribution in [3.63, 3.8) is 0 Å². The SMILES string of the molecule is C[C@H](N)C(=O)N[C@@H](CCCCN)C(=O)N[C@H](C(=O)N[C@H](C(=O)N1CCC[C@H]1C(=O)N1CCC[C@H]1C(=O)O)[C@@H](C)O)[C@@H](C)O. The highest BCUT2D eigenvalue weighted by atomic mass is 16.4. The first-order valence-corrected chi connectivity index (χ1v) is 14.8. The molecular formula is C27H47N7O9. The summed E-state index contributed by atoms with van der Waals surface area (Å²) in [6, 6.07) is -7.02. The molecule has 0 aliphatic carbocycles. The van der Waals surface area contributed by atoms with Crippen molar-refractivity contribution in [3.8, 4) is 0 Å². The zero-order valence-corrected chi connectivity index (χ0v) is 25.0. The van der Waals surface area contributed by atoms with Crippen molar-refractivity contribution in [2.24, 2.45) is 11.5 Å². The second-order valence-corrected chi connectivity index (χ2v) is 11.3. The van der Waals surface area contributed by atoms with E-state index in [4.69, 9.17) is 11.5 Å². The maximum Gasteiger partial charge on any atom is 0.326 e. The Bertz CT molecular complexity index is 1020. The first kappa shape index (κ1) is 35.9. The lowest BCUT2D eigenvalue weighted by Gasteiger charge is -2.33. The fourth-order valence-electron chi connectivity index (χ4n) is 5.30. The number of aliphatic carboxylic acids is 1. The Morgan fingerprint density at radius 1 is 0.791 bits per heavy atom. The van der Waals surface area contributed by atoms with Crippen LogP contribution in [0.25, 0.3) is 0 Å². The van der Waals surface area contributed by atoms with Crippen LogP contribution in [-0.4, -0.2) is 129 Å². The van der Waals surface area contributed by atoms with Crippen molar-refractivity contribution in [3.05, 3.63) is 0 Å². The monoisotopic (exact) mass is 613 g/mol. The number of unbranched alkanes of at least 4 members (excludes halogenated alkanes) is 1. The summed E-state index contributed by atoms with van der Waals surface area (Å²) in [5.41, 5.74) is 11.1. The second-order valence-electron chi connectivity index (χ2n) is 11.3. The molecule has 2 aliphatic heterocycles. The molecule has 244 valence electrons. The summed E-state index contributed by atoms with van der Waals surface area (Å²) >= 11 is 0. The molecule has 2 rings (SSSR count). The van der Waals surface area contributed by atoms with Crippen molar-refractivity contribution in [2.75, 3.05) is 19.6 Å². The molecule has 2 saturated heterocycles. The van der Waals surface area contributed by atoms with Crippen LogP contribution >= 0.6 is 0 Å². The third-order valence-electron chi connectivity index (χ3n) is 7.74. The molecule has 0 aromatic rings. The van der Waals surface area contributed by atoms with Gasteiger partial charge >= 0.3 is 5.97 Å². The highest BCUT2D eigenvalue weighted by molar-refractivity contribution is 5.97. The molecule has 10 N–H and O–H groups in total. The van der Waals surface area contributed by atoms with Gasteiger partial charge in [0.1, 0.15) is 30.2 Å². The minimum Gasteiger partial charge on any atom is -0.480 e. The molecule has 5 amide bonds. The summed E-state index contributed by atoms with van der Waals surface area (Å²) < 4.78 is 0. The maximum atomic E-state index is 13.6. The van der Waals surface area contributed by atoms with E-state index in [1.54, 1.807) is 0 Å². The van der Waals surface area contributed by atoms with Crippen LogP contribution in [0.3, 0.4) is 0 Å². The number of aliphatic hydroxyl groups is 2. The second kappa shape index (κ2) is 16.5. The van der Waals surface area contributed by atoms with Crippen molar-refractivity contribution < 1.29 is 44.1 Å². The van der Waals surface area contributed by atoms with Crippen LogP contribution in [-0.2, 0) is 28.8 Å². The molecule has 8 atom stereocenters. The third-order valence-corrected chi connectivity index (χ3v) is 7.74. The Hall–Kier alpha value is -3.34. The number of amides is 5. The van der Waals surface area contributed by atoms with Crippen LogP contribution in [0.4, 0.5) is 0 Å². The average Bonchev–Trinajstić information content (AvgIpc) is 3.63. The summed E-state index contributed by atoms with van der Waals surface area (Å²) in [6.45, 7) is 4.72. The highest BCUT2D eigenvalue weighted by Gasteiger charge is 2.44. The van der Waals surface area contributed by atoms with Gasteiger partial charge in [0.2, 0.25) is 29.5 Å². The number of carbonyl (C=O) groups excluding carboxylic acids is 5. The molecule has 16 nitrogen and oxygen atoms in total. The fraction of sp³-hybridized carbons (Fsp3) is 0.778. The molecule has 2 fully saturated rings. The van der Waals surface area contributed by atoms with Gasteiger partial charge < -0.3 is 52.5 Å². The van der Waals surface area contributed by atoms with E-state index in [2.05, 4.69) is 16.0 Å². The highest BCUT2D eigenvalue weighted by Crippen LogP contribution is 2.26. The van der Waals surface area contributed by atoms with Gasteiger partial charge in [-0.15, -0.1) is 0 Å². The lowest BCUT2D eigenvalue weighted by atomic mass is 10.0. The Kier molecular flexibility index (Phi) is 13.8. The van der Waals surface area contributed by atoms with Crippen LogP contribution in [0.5, 0.6) is 0 Å². The molecule has 0 radical (unpaired) electrons. The number of hydrogen-bond acceptors (Lipinski definition) is 10. The van der Waals surface area contributed by atoms with E-state index >= 15 is 0 Å². The Balaban J connectivity index is 2.18. The molecule has 2 heterocycles. The summed E-state index contributed by atoms with van der Waals surface area (Å²) in [4.78, 5) is 79.5. The Morgan fingerprint density at radius 2 is 1.35 bits per heavy atom. The van der Waals surface area contributed by atoms with E-state index in [9.17, 15) is 44.1 Å². The number of rotatable bonds is 15. The lowest BCUT2D eigenvalue weighted by Crippen LogP contribution is -2.63. The van der Waals surface area contributed by atoms with Gasteiger partial charge in [0, 0.05) is 13.1 Å². The molecule has 0 aromatic heterocycles. The van der Waals surface area contributed by atoms with E-state index in [1.165, 1.54) is 30.6 Å². The van der Waals surface area contributed by atoms with Crippen LogP contribution in [0.1, 0.15) is 65.7 Å². The number of carboxylic acids is 1. The molecule has 0 saturated carbocycles. The van der Waals surface area contributed by atoms with E-state index in [0.29, 0.717) is 45.1 Å². The number of nitrogens with one attached hydrogen (secondary N) is 3. The van der Waals surface area contributed by atoms with Gasteiger partial charge in [0.05, 0.1) is 18.2 Å². The van der Waals surface area contributed by atoms with Gasteiger partial charge in [-0.25, -0.2) is 4.79 Å². The number of hydrogen-bond donors (Lipinski definition) is 8. The smallest absolute Gasteiger partial charge is 0.326 e. The minimum atomic E-state index is -1.57. The third kappa shape index (κ3) is 9.58. The van der Waals surface area contributed by atoms with Crippen molar-refractivity contribution in [1.82, 2.24) is 25.8 Å². The van der Waals surface area contributed by atoms with Crippen LogP contribution in [0, 0.1) is 0 Å². The van der Waals surface area contributed by atoms with Gasteiger partial charge in [0.15, 0.2) is 0 Å². The number of aliphatic hydroxyl groups excluding tert-OH is 2. The molecule has 16 heteroatoms. The molecule has 0 aromatic carbocycles. The predicted molar refractivity (Wildman–Crippen MR) is 153 cm³/mol. The standard InChI is InChI=1S/C27H47N7O9/c1-14(29)22(37)30-17(8-4-5-11-28)23(38)31-20(15(2)35)24(39)32-21(16(3)36)26(41)33-12-6-9-18(33)25(40)34-13-7-10-19(34)27(42)43/h14-21,35-36H,4-13,28-29H2,1-3H3,(H,30,37)(H,31,38)(H,32,39)(H,42,43)/t14-,15+,16+,17-,18-,19-,20-,21-/m0/s1. The zero-order chi connectivity index (χ0) is 32.4. The van der Waals surface area contributed by atoms with Crippen molar-refractivity contribution >= 4 is 35.5 Å². The lowest BCUT2D eigenvalue weighted by molar-refractivity contribution is -0.153. The molecule has 2 aliphatic rings. The largest absolute Gasteiger partial charge is 0.480 e. The van der Waals surface area contributed by atoms with E-state index < -0.39 is 84.0 Å². The molecule has 0 bridgehead atoms. The summed E-state index contributed by atoms with van der Waals surface area (Å²) in [6.07, 6.45) is -0.0393. The summed E-state index contributed by atoms with van der Waals surface area (Å²) in [7, 11) is 0. The molecular weight excluding hydrogens is 566 g/mol. The number of likely N-dealkylation sites (tertiary alicyclic amines) is 2. The van der Waals surface area contributed by atoms with Gasteiger partial charge in [-0.3, -0.25) is 24.0 Å². The van der Waals surface area contributed by atoms with Crippen molar-refractivity contribution in [2.45, 2.75) is 114 Å². The zero-order valence-electron chi connectivity index (χ0n) is 25.0. The Labute approximate surface area is 250 Å². The molecule has 43 heavy (non-hydrogen) atoms. The van der Waals surface area contributed by atoms with Crippen LogP contribution in [0.15, 0.2) is 0 Å². The van der Waals surface area contributed by atoms with E-state index in [-0.39, 0.29) is 19.5 Å². The normalized spacial score (nSPS) is 22.6. The summed E-state index contributed by atoms with van der Waals surface area (Å²) in [5.74, 6) is -4.73. The molecule has 0 spiro atoms. The van der Waals surface area contributed by atoms with Crippen molar-refractivity contribution in [1.29, 1.82) is 0 Å². The quantitative estimate of drug-likeness (QED) is 0.0851. The van der Waals surface area contributed by atoms with Gasteiger partial charge in [-0.1, -0.05) is 0 Å². The first-order valence-electron chi connectivity index (χ1n) is 14.8. The van der Waals surface area contributed by atoms with Gasteiger partial charge in [0.25, 0.3) is 0 Å². The predicted octanol–water partition coefficient (Wildman–Crippen LogP) is -3.25.